The molecule has 1 rings (SSSR count). The van der Waals surface area contributed by atoms with Crippen molar-refractivity contribution in [3.05, 3.63) is 29.8 Å². The van der Waals surface area contributed by atoms with E-state index in [-0.39, 0.29) is 12.3 Å². The Bertz CT molecular complexity index is 392. The van der Waals surface area contributed by atoms with Crippen LogP contribution in [0.5, 0.6) is 5.75 Å². The predicted octanol–water partition coefficient (Wildman–Crippen LogP) is 0.276. The summed E-state index contributed by atoms with van der Waals surface area (Å²) in [6.45, 7) is -0.301. The molecular weight excluding hydrogens is 212 g/mol. The monoisotopic (exact) mass is 224 g/mol. The normalized spacial score (nSPS) is 9.50. The largest absolute Gasteiger partial charge is 0.508 e. The number of phenols is 1. The van der Waals surface area contributed by atoms with Crippen molar-refractivity contribution in [1.82, 2.24) is 10.6 Å². The number of hydrogen-bond acceptors (Lipinski definition) is 3. The van der Waals surface area contributed by atoms with E-state index in [1.54, 1.807) is 18.2 Å². The SMILES string of the molecule is O=C(O)CNC(=O)NCc1ccccc1O. The van der Waals surface area contributed by atoms with Crippen molar-refractivity contribution < 1.29 is 19.8 Å². The van der Waals surface area contributed by atoms with Gasteiger partial charge in [-0.25, -0.2) is 4.79 Å². The van der Waals surface area contributed by atoms with E-state index in [0.29, 0.717) is 5.56 Å². The molecule has 0 atom stereocenters. The average molecular weight is 224 g/mol. The molecule has 4 N–H and O–H groups in total. The number of carbonyl (C=O) groups is 2. The molecule has 0 saturated heterocycles. The minimum Gasteiger partial charge on any atom is -0.508 e. The molecule has 0 aliphatic rings. The maximum atomic E-state index is 11.1. The highest BCUT2D eigenvalue weighted by Crippen LogP contribution is 2.14. The van der Waals surface area contributed by atoms with Gasteiger partial charge in [0.25, 0.3) is 0 Å². The van der Waals surface area contributed by atoms with Crippen molar-refractivity contribution in [1.29, 1.82) is 0 Å². The Morgan fingerprint density at radius 2 is 1.88 bits per heavy atom. The molecule has 6 nitrogen and oxygen atoms in total. The van der Waals surface area contributed by atoms with Gasteiger partial charge in [-0.2, -0.15) is 0 Å². The highest BCUT2D eigenvalue weighted by Gasteiger charge is 2.04. The van der Waals surface area contributed by atoms with Crippen LogP contribution in [0.15, 0.2) is 24.3 Å². The molecule has 0 unspecified atom stereocenters. The summed E-state index contributed by atoms with van der Waals surface area (Å²) < 4.78 is 0. The van der Waals surface area contributed by atoms with E-state index < -0.39 is 18.5 Å². The first-order valence-corrected chi connectivity index (χ1v) is 4.60. The summed E-state index contributed by atoms with van der Waals surface area (Å²) in [5, 5.41) is 22.2. The Balaban J connectivity index is 2.37. The number of urea groups is 1. The van der Waals surface area contributed by atoms with Crippen molar-refractivity contribution in [3.8, 4) is 5.75 Å². The third-order valence-electron chi connectivity index (χ3n) is 1.83. The highest BCUT2D eigenvalue weighted by molar-refractivity contribution is 5.79. The number of amides is 2. The van der Waals surface area contributed by atoms with Crippen molar-refractivity contribution in [3.63, 3.8) is 0 Å². The van der Waals surface area contributed by atoms with Gasteiger partial charge in [0.1, 0.15) is 12.3 Å². The van der Waals surface area contributed by atoms with Gasteiger partial charge in [-0.05, 0) is 6.07 Å². The van der Waals surface area contributed by atoms with Gasteiger partial charge in [0, 0.05) is 12.1 Å². The molecule has 16 heavy (non-hydrogen) atoms. The molecule has 0 heterocycles. The van der Waals surface area contributed by atoms with Crippen LogP contribution in [0.4, 0.5) is 4.79 Å². The van der Waals surface area contributed by atoms with Crippen LogP contribution in [-0.2, 0) is 11.3 Å². The van der Waals surface area contributed by atoms with Crippen LogP contribution in [-0.4, -0.2) is 28.8 Å². The number of para-hydroxylation sites is 1. The fraction of sp³-hybridized carbons (Fsp3) is 0.200. The summed E-state index contributed by atoms with van der Waals surface area (Å²) in [6, 6.07) is 5.97. The summed E-state index contributed by atoms with van der Waals surface area (Å²) in [6.07, 6.45) is 0. The molecule has 6 heteroatoms. The zero-order valence-corrected chi connectivity index (χ0v) is 8.43. The molecule has 86 valence electrons. The average Bonchev–Trinajstić information content (AvgIpc) is 2.25. The van der Waals surface area contributed by atoms with Crippen LogP contribution in [0.3, 0.4) is 0 Å². The van der Waals surface area contributed by atoms with Gasteiger partial charge in [-0.15, -0.1) is 0 Å². The quantitative estimate of drug-likeness (QED) is 0.590. The molecule has 1 aromatic carbocycles. The molecule has 0 spiro atoms. The van der Waals surface area contributed by atoms with Gasteiger partial charge in [-0.3, -0.25) is 4.79 Å². The van der Waals surface area contributed by atoms with Crippen molar-refractivity contribution in [2.75, 3.05) is 6.54 Å². The molecule has 0 aromatic heterocycles. The van der Waals surface area contributed by atoms with E-state index in [4.69, 9.17) is 5.11 Å². The van der Waals surface area contributed by atoms with Gasteiger partial charge in [0.05, 0.1) is 0 Å². The Labute approximate surface area is 91.9 Å². The topological polar surface area (TPSA) is 98.7 Å². The third-order valence-corrected chi connectivity index (χ3v) is 1.83. The molecule has 0 saturated carbocycles. The second-order valence-electron chi connectivity index (χ2n) is 3.06. The summed E-state index contributed by atoms with van der Waals surface area (Å²) in [7, 11) is 0. The number of aliphatic carboxylic acids is 1. The van der Waals surface area contributed by atoms with E-state index in [1.807, 2.05) is 0 Å². The second kappa shape index (κ2) is 5.59. The molecule has 0 fully saturated rings. The number of hydrogen-bond donors (Lipinski definition) is 4. The summed E-state index contributed by atoms with van der Waals surface area (Å²) in [5.41, 5.74) is 0.563. The van der Waals surface area contributed by atoms with E-state index in [0.717, 1.165) is 0 Å². The van der Waals surface area contributed by atoms with Gasteiger partial charge in [0.2, 0.25) is 0 Å². The lowest BCUT2D eigenvalue weighted by Gasteiger charge is -2.07. The third kappa shape index (κ3) is 3.87. The minimum atomic E-state index is -1.11. The second-order valence-corrected chi connectivity index (χ2v) is 3.06. The van der Waals surface area contributed by atoms with Crippen molar-refractivity contribution in [2.24, 2.45) is 0 Å². The lowest BCUT2D eigenvalue weighted by atomic mass is 10.2. The number of carboxylic acids is 1. The highest BCUT2D eigenvalue weighted by atomic mass is 16.4. The zero-order chi connectivity index (χ0) is 12.0. The first kappa shape index (κ1) is 11.8. The van der Waals surface area contributed by atoms with Crippen molar-refractivity contribution >= 4 is 12.0 Å². The van der Waals surface area contributed by atoms with Crippen LogP contribution in [0.1, 0.15) is 5.56 Å². The first-order chi connectivity index (χ1) is 7.59. The zero-order valence-electron chi connectivity index (χ0n) is 8.43. The van der Waals surface area contributed by atoms with E-state index >= 15 is 0 Å². The van der Waals surface area contributed by atoms with Gasteiger partial charge < -0.3 is 20.8 Å². The lowest BCUT2D eigenvalue weighted by Crippen LogP contribution is -2.37. The smallest absolute Gasteiger partial charge is 0.323 e. The maximum absolute atomic E-state index is 11.1. The predicted molar refractivity (Wildman–Crippen MR) is 56.0 cm³/mol. The maximum Gasteiger partial charge on any atom is 0.323 e. The number of benzene rings is 1. The number of carbonyl (C=O) groups excluding carboxylic acids is 1. The van der Waals surface area contributed by atoms with E-state index in [9.17, 15) is 14.7 Å². The number of phenolic OH excluding ortho intramolecular Hbond substituents is 1. The van der Waals surface area contributed by atoms with Crippen LogP contribution in [0.25, 0.3) is 0 Å². The van der Waals surface area contributed by atoms with Crippen LogP contribution in [0.2, 0.25) is 0 Å². The van der Waals surface area contributed by atoms with Crippen LogP contribution in [0, 0.1) is 0 Å². The van der Waals surface area contributed by atoms with Crippen molar-refractivity contribution in [2.45, 2.75) is 6.54 Å². The van der Waals surface area contributed by atoms with Crippen LogP contribution < -0.4 is 10.6 Å². The van der Waals surface area contributed by atoms with Gasteiger partial charge in [-0.1, -0.05) is 18.2 Å². The first-order valence-electron chi connectivity index (χ1n) is 4.60. The number of aromatic hydroxyl groups is 1. The Morgan fingerprint density at radius 3 is 2.50 bits per heavy atom. The summed E-state index contributed by atoms with van der Waals surface area (Å²) >= 11 is 0. The minimum absolute atomic E-state index is 0.0843. The fourth-order valence-corrected chi connectivity index (χ4v) is 1.05. The molecule has 0 aliphatic heterocycles. The summed E-state index contributed by atoms with van der Waals surface area (Å²) in [4.78, 5) is 21.2. The Kier molecular flexibility index (Phi) is 4.14. The van der Waals surface area contributed by atoms with Crippen LogP contribution >= 0.6 is 0 Å². The Hall–Kier alpha value is -2.24. The molecule has 0 bridgehead atoms. The number of rotatable bonds is 4. The lowest BCUT2D eigenvalue weighted by molar-refractivity contribution is -0.135. The molecule has 2 amide bonds. The molecular formula is C10H12N2O4. The number of nitrogens with one attached hydrogen (secondary N) is 2. The molecule has 0 aliphatic carbocycles. The summed E-state index contributed by atoms with van der Waals surface area (Å²) in [5.74, 6) is -1.03. The van der Waals surface area contributed by atoms with Gasteiger partial charge in [0.15, 0.2) is 0 Å². The fourth-order valence-electron chi connectivity index (χ4n) is 1.05. The Morgan fingerprint density at radius 1 is 1.19 bits per heavy atom. The van der Waals surface area contributed by atoms with E-state index in [1.165, 1.54) is 6.07 Å². The molecule has 0 radical (unpaired) electrons. The standard InChI is InChI=1S/C10H12N2O4/c13-8-4-2-1-3-7(8)5-11-10(16)12-6-9(14)15/h1-4,13H,5-6H2,(H,14,15)(H2,11,12,16). The van der Waals surface area contributed by atoms with E-state index in [2.05, 4.69) is 10.6 Å². The number of carboxylic acid groups (broad SMARTS) is 1. The van der Waals surface area contributed by atoms with Gasteiger partial charge >= 0.3 is 12.0 Å². The molecule has 1 aromatic rings.